The van der Waals surface area contributed by atoms with Crippen molar-refractivity contribution >= 4 is 11.9 Å². The third-order valence-corrected chi connectivity index (χ3v) is 4.55. The van der Waals surface area contributed by atoms with E-state index in [1.54, 1.807) is 24.3 Å². The second kappa shape index (κ2) is 8.54. The molecule has 2 aromatic carbocycles. The number of unbranched alkanes of at least 4 members (excludes halogenated alkanes) is 1. The maximum atomic E-state index is 11.3. The van der Waals surface area contributed by atoms with E-state index in [-0.39, 0.29) is 17.6 Å². The Balaban J connectivity index is 1.42. The van der Waals surface area contributed by atoms with Crippen LogP contribution in [0.3, 0.4) is 0 Å². The highest BCUT2D eigenvalue weighted by Gasteiger charge is 2.26. The summed E-state index contributed by atoms with van der Waals surface area (Å²) in [5, 5.41) is 8.95. The fourth-order valence-corrected chi connectivity index (χ4v) is 3.01. The minimum atomic E-state index is -0.929. The Kier molecular flexibility index (Phi) is 5.91. The lowest BCUT2D eigenvalue weighted by Crippen LogP contribution is -2.07. The van der Waals surface area contributed by atoms with Gasteiger partial charge >= 0.3 is 11.9 Å². The van der Waals surface area contributed by atoms with Crippen LogP contribution in [-0.4, -0.2) is 29.8 Å². The van der Waals surface area contributed by atoms with Crippen LogP contribution in [0.1, 0.15) is 36.0 Å². The molecule has 0 amide bonds. The molecule has 3 rings (SSSR count). The van der Waals surface area contributed by atoms with Crippen LogP contribution >= 0.6 is 0 Å². The normalized spacial score (nSPS) is 16.2. The van der Waals surface area contributed by atoms with Crippen LogP contribution < -0.4 is 4.74 Å². The predicted octanol–water partition coefficient (Wildman–Crippen LogP) is 4.47. The van der Waals surface area contributed by atoms with Gasteiger partial charge in [-0.15, -0.1) is 0 Å². The molecule has 0 spiro atoms. The highest BCUT2D eigenvalue weighted by molar-refractivity contribution is 5.90. The number of benzene rings is 2. The summed E-state index contributed by atoms with van der Waals surface area (Å²) in [6.45, 7) is 4.29. The Labute approximate surface area is 158 Å². The van der Waals surface area contributed by atoms with Gasteiger partial charge in [0.2, 0.25) is 0 Å². The zero-order valence-corrected chi connectivity index (χ0v) is 15.0. The van der Waals surface area contributed by atoms with Crippen molar-refractivity contribution in [2.45, 2.75) is 31.8 Å². The van der Waals surface area contributed by atoms with Gasteiger partial charge in [0.25, 0.3) is 0 Å². The molecule has 5 nitrogen and oxygen atoms in total. The first-order valence-corrected chi connectivity index (χ1v) is 8.98. The van der Waals surface area contributed by atoms with Crippen LogP contribution in [0.5, 0.6) is 5.75 Å². The Morgan fingerprint density at radius 2 is 1.70 bits per heavy atom. The largest absolute Gasteiger partial charge is 0.494 e. The number of rotatable bonds is 8. The maximum absolute atomic E-state index is 11.3. The highest BCUT2D eigenvalue weighted by Crippen LogP contribution is 2.24. The molecular weight excluding hydrogens is 344 g/mol. The van der Waals surface area contributed by atoms with Crippen LogP contribution in [0.25, 0.3) is 11.1 Å². The van der Waals surface area contributed by atoms with Crippen LogP contribution in [0.4, 0.5) is 0 Å². The Morgan fingerprint density at radius 1 is 1.07 bits per heavy atom. The van der Waals surface area contributed by atoms with E-state index in [1.165, 1.54) is 0 Å². The lowest BCUT2D eigenvalue weighted by molar-refractivity contribution is -0.139. The average Bonchev–Trinajstić information content (AvgIpc) is 2.99. The zero-order valence-electron chi connectivity index (χ0n) is 15.0. The summed E-state index contributed by atoms with van der Waals surface area (Å²) in [6.07, 6.45) is 3.25. The predicted molar refractivity (Wildman–Crippen MR) is 102 cm³/mol. The summed E-state index contributed by atoms with van der Waals surface area (Å²) < 4.78 is 11.0. The van der Waals surface area contributed by atoms with Gasteiger partial charge in [-0.1, -0.05) is 30.8 Å². The molecule has 2 aromatic rings. The number of ether oxygens (including phenoxy) is 2. The van der Waals surface area contributed by atoms with Crippen LogP contribution in [0, 0.1) is 0 Å². The second-order valence-electron chi connectivity index (χ2n) is 6.59. The van der Waals surface area contributed by atoms with Crippen molar-refractivity contribution in [3.8, 4) is 16.9 Å². The quantitative estimate of drug-likeness (QED) is 0.424. The minimum absolute atomic E-state index is 0.0307. The van der Waals surface area contributed by atoms with Gasteiger partial charge in [0.05, 0.1) is 12.2 Å². The summed E-state index contributed by atoms with van der Waals surface area (Å²) in [7, 11) is 0. The van der Waals surface area contributed by atoms with E-state index < -0.39 is 5.97 Å². The smallest absolute Gasteiger partial charge is 0.335 e. The van der Waals surface area contributed by atoms with Crippen molar-refractivity contribution in [3.05, 3.63) is 66.2 Å². The van der Waals surface area contributed by atoms with Gasteiger partial charge in [0.1, 0.15) is 11.9 Å². The first-order chi connectivity index (χ1) is 13.0. The number of carboxylic acids is 1. The van der Waals surface area contributed by atoms with E-state index in [2.05, 4.69) is 6.58 Å². The molecule has 1 aliphatic heterocycles. The van der Waals surface area contributed by atoms with Gasteiger partial charge in [0.15, 0.2) is 0 Å². The molecule has 1 N–H and O–H groups in total. The Morgan fingerprint density at radius 3 is 2.26 bits per heavy atom. The van der Waals surface area contributed by atoms with Gasteiger partial charge in [-0.3, -0.25) is 0 Å². The summed E-state index contributed by atoms with van der Waals surface area (Å²) >= 11 is 0. The van der Waals surface area contributed by atoms with Crippen molar-refractivity contribution in [3.63, 3.8) is 0 Å². The molecule has 1 atom stereocenters. The first-order valence-electron chi connectivity index (χ1n) is 8.98. The molecule has 1 fully saturated rings. The lowest BCUT2D eigenvalue weighted by Gasteiger charge is -2.10. The lowest BCUT2D eigenvalue weighted by atomic mass is 10.0. The molecule has 0 saturated carbocycles. The van der Waals surface area contributed by atoms with E-state index in [0.717, 1.165) is 36.1 Å². The van der Waals surface area contributed by atoms with Crippen molar-refractivity contribution in [2.75, 3.05) is 6.61 Å². The summed E-state index contributed by atoms with van der Waals surface area (Å²) in [5.74, 6) is -0.406. The number of hydrogen-bond donors (Lipinski definition) is 1. The molecular formula is C22H22O5. The molecule has 1 heterocycles. The third-order valence-electron chi connectivity index (χ3n) is 4.55. The summed E-state index contributed by atoms with van der Waals surface area (Å²) in [6, 6.07) is 14.5. The van der Waals surface area contributed by atoms with E-state index in [1.807, 2.05) is 24.3 Å². The van der Waals surface area contributed by atoms with E-state index >= 15 is 0 Å². The van der Waals surface area contributed by atoms with E-state index in [9.17, 15) is 9.59 Å². The topological polar surface area (TPSA) is 72.8 Å². The van der Waals surface area contributed by atoms with Gasteiger partial charge in [0, 0.05) is 12.0 Å². The molecule has 0 aromatic heterocycles. The highest BCUT2D eigenvalue weighted by atomic mass is 16.5. The first kappa shape index (κ1) is 18.7. The fraction of sp³-hybridized carbons (Fsp3) is 0.273. The number of esters is 1. The third kappa shape index (κ3) is 4.97. The molecule has 1 aliphatic rings. The Bertz CT molecular complexity index is 805. The van der Waals surface area contributed by atoms with Crippen molar-refractivity contribution in [1.29, 1.82) is 0 Å². The molecule has 0 aliphatic carbocycles. The fourth-order valence-electron chi connectivity index (χ4n) is 3.01. The van der Waals surface area contributed by atoms with Crippen LogP contribution in [0.2, 0.25) is 0 Å². The number of carbonyl (C=O) groups excluding carboxylic acids is 1. The maximum Gasteiger partial charge on any atom is 0.335 e. The van der Waals surface area contributed by atoms with Gasteiger partial charge < -0.3 is 14.6 Å². The monoisotopic (exact) mass is 366 g/mol. The molecule has 0 radical (unpaired) electrons. The molecule has 140 valence electrons. The van der Waals surface area contributed by atoms with E-state index in [0.29, 0.717) is 18.6 Å². The van der Waals surface area contributed by atoms with Crippen molar-refractivity contribution < 1.29 is 24.2 Å². The van der Waals surface area contributed by atoms with Crippen molar-refractivity contribution in [2.24, 2.45) is 0 Å². The molecule has 1 saturated heterocycles. The number of cyclic esters (lactones) is 1. The number of carboxylic acid groups (broad SMARTS) is 1. The summed E-state index contributed by atoms with van der Waals surface area (Å²) in [5.41, 5.74) is 2.80. The van der Waals surface area contributed by atoms with Crippen molar-refractivity contribution in [1.82, 2.24) is 0 Å². The molecule has 27 heavy (non-hydrogen) atoms. The molecule has 5 heteroatoms. The molecule has 1 unspecified atom stereocenters. The van der Waals surface area contributed by atoms with E-state index in [4.69, 9.17) is 14.6 Å². The van der Waals surface area contributed by atoms with Gasteiger partial charge in [-0.2, -0.15) is 0 Å². The minimum Gasteiger partial charge on any atom is -0.494 e. The van der Waals surface area contributed by atoms with Crippen LogP contribution in [-0.2, 0) is 9.53 Å². The SMILES string of the molecule is C=C1CC(CCCCOc2ccc(-c3ccc(C(=O)O)cc3)cc2)OC1=O. The zero-order chi connectivity index (χ0) is 19.2. The second-order valence-corrected chi connectivity index (χ2v) is 6.59. The van der Waals surface area contributed by atoms with Gasteiger partial charge in [-0.05, 0) is 54.7 Å². The summed E-state index contributed by atoms with van der Waals surface area (Å²) in [4.78, 5) is 22.2. The number of hydrogen-bond acceptors (Lipinski definition) is 4. The van der Waals surface area contributed by atoms with Crippen LogP contribution in [0.15, 0.2) is 60.7 Å². The number of carbonyl (C=O) groups is 2. The standard InChI is InChI=1S/C22H22O5/c1-15-14-20(27-22(15)25)4-2-3-13-26-19-11-9-17(10-12-19)16-5-7-18(8-6-16)21(23)24/h5-12,20H,1-4,13-14H2,(H,23,24). The number of aromatic carboxylic acids is 1. The average molecular weight is 366 g/mol. The Hall–Kier alpha value is -3.08. The molecule has 0 bridgehead atoms. The van der Waals surface area contributed by atoms with Gasteiger partial charge in [-0.25, -0.2) is 9.59 Å².